The van der Waals surface area contributed by atoms with Crippen LogP contribution in [0.25, 0.3) is 0 Å². The molecule has 0 fully saturated rings. The van der Waals surface area contributed by atoms with Crippen LogP contribution >= 0.6 is 23.1 Å². The maximum Gasteiger partial charge on any atom is 0.345 e. The van der Waals surface area contributed by atoms with E-state index in [4.69, 9.17) is 10.2 Å². The van der Waals surface area contributed by atoms with E-state index >= 15 is 0 Å². The molecule has 1 unspecified atom stereocenters. The number of hydrogen-bond donors (Lipinski definition) is 2. The molecule has 0 bridgehead atoms. The minimum atomic E-state index is -0.877. The van der Waals surface area contributed by atoms with Crippen molar-refractivity contribution in [2.75, 3.05) is 5.75 Å². The van der Waals surface area contributed by atoms with Gasteiger partial charge in [0.05, 0.1) is 6.10 Å². The second-order valence-corrected chi connectivity index (χ2v) is 5.02. The maximum absolute atomic E-state index is 10.6. The lowest BCUT2D eigenvalue weighted by Gasteiger charge is -2.01. The average molecular weight is 232 g/mol. The molecule has 78 valence electrons. The Morgan fingerprint density at radius 1 is 1.71 bits per heavy atom. The van der Waals surface area contributed by atoms with Gasteiger partial charge in [0.1, 0.15) is 4.88 Å². The summed E-state index contributed by atoms with van der Waals surface area (Å²) >= 11 is 2.81. The van der Waals surface area contributed by atoms with Gasteiger partial charge in [-0.15, -0.1) is 23.1 Å². The van der Waals surface area contributed by atoms with Crippen LogP contribution in [0.4, 0.5) is 0 Å². The maximum atomic E-state index is 10.6. The fraction of sp³-hybridized carbons (Fsp3) is 0.444. The second-order valence-electron chi connectivity index (χ2n) is 2.94. The Bertz CT molecular complexity index is 307. The Morgan fingerprint density at radius 2 is 2.43 bits per heavy atom. The first kappa shape index (κ1) is 11.6. The molecule has 0 aliphatic rings. The lowest BCUT2D eigenvalue weighted by atomic mass is 10.3. The summed E-state index contributed by atoms with van der Waals surface area (Å²) in [5.41, 5.74) is 0. The van der Waals surface area contributed by atoms with Gasteiger partial charge in [0.15, 0.2) is 0 Å². The third kappa shape index (κ3) is 3.69. The van der Waals surface area contributed by atoms with Crippen molar-refractivity contribution < 1.29 is 15.0 Å². The number of hydrogen-bond acceptors (Lipinski definition) is 4. The third-order valence-electron chi connectivity index (χ3n) is 1.59. The molecular formula is C9H12O3S2. The fourth-order valence-corrected chi connectivity index (χ4v) is 2.85. The van der Waals surface area contributed by atoms with E-state index in [-0.39, 0.29) is 6.10 Å². The number of thiophene rings is 1. The van der Waals surface area contributed by atoms with Crippen LogP contribution in [0.5, 0.6) is 0 Å². The Balaban J connectivity index is 2.40. The summed E-state index contributed by atoms with van der Waals surface area (Å²) in [5, 5.41) is 19.5. The van der Waals surface area contributed by atoms with Gasteiger partial charge in [-0.25, -0.2) is 4.79 Å². The minimum Gasteiger partial charge on any atom is -0.477 e. The highest BCUT2D eigenvalue weighted by atomic mass is 32.2. The molecule has 0 saturated heterocycles. The molecule has 0 saturated carbocycles. The fourth-order valence-electron chi connectivity index (χ4n) is 0.854. The van der Waals surface area contributed by atoms with E-state index in [0.717, 1.165) is 17.1 Å². The van der Waals surface area contributed by atoms with Crippen molar-refractivity contribution >= 4 is 29.1 Å². The van der Waals surface area contributed by atoms with Gasteiger partial charge in [0.25, 0.3) is 0 Å². The van der Waals surface area contributed by atoms with Gasteiger partial charge in [0, 0.05) is 16.0 Å². The monoisotopic (exact) mass is 232 g/mol. The normalized spacial score (nSPS) is 12.7. The minimum absolute atomic E-state index is 0.292. The van der Waals surface area contributed by atoms with Crippen LogP contribution in [0.2, 0.25) is 0 Å². The lowest BCUT2D eigenvalue weighted by Crippen LogP contribution is -1.99. The molecule has 0 amide bonds. The molecule has 1 atom stereocenters. The van der Waals surface area contributed by atoms with E-state index in [9.17, 15) is 4.79 Å². The topological polar surface area (TPSA) is 57.5 Å². The zero-order chi connectivity index (χ0) is 10.6. The molecule has 1 rings (SSSR count). The first-order valence-corrected chi connectivity index (χ1v) is 6.09. The van der Waals surface area contributed by atoms with Crippen molar-refractivity contribution in [1.29, 1.82) is 0 Å². The first-order chi connectivity index (χ1) is 6.59. The first-order valence-electron chi connectivity index (χ1n) is 4.22. The van der Waals surface area contributed by atoms with E-state index in [2.05, 4.69) is 0 Å². The van der Waals surface area contributed by atoms with Crippen molar-refractivity contribution in [1.82, 2.24) is 0 Å². The van der Waals surface area contributed by atoms with Crippen molar-refractivity contribution in [3.05, 3.63) is 16.3 Å². The molecule has 0 aromatic carbocycles. The van der Waals surface area contributed by atoms with Crippen LogP contribution in [0, 0.1) is 0 Å². The van der Waals surface area contributed by atoms with Gasteiger partial charge in [-0.2, -0.15) is 0 Å². The molecule has 1 heterocycles. The predicted molar refractivity (Wildman–Crippen MR) is 58.3 cm³/mol. The number of carboxylic acid groups (broad SMARTS) is 1. The Morgan fingerprint density at radius 3 is 2.93 bits per heavy atom. The van der Waals surface area contributed by atoms with Gasteiger partial charge < -0.3 is 10.2 Å². The average Bonchev–Trinajstić information content (AvgIpc) is 2.52. The van der Waals surface area contributed by atoms with Gasteiger partial charge >= 0.3 is 5.97 Å². The number of aliphatic hydroxyl groups is 1. The smallest absolute Gasteiger partial charge is 0.345 e. The summed E-state index contributed by atoms with van der Waals surface area (Å²) in [6.07, 6.45) is 0.434. The van der Waals surface area contributed by atoms with Crippen molar-refractivity contribution in [3.63, 3.8) is 0 Å². The Labute approximate surface area is 90.8 Å². The van der Waals surface area contributed by atoms with Gasteiger partial charge in [0.2, 0.25) is 0 Å². The number of aliphatic hydroxyl groups excluding tert-OH is 1. The molecule has 0 radical (unpaired) electrons. The summed E-state index contributed by atoms with van der Waals surface area (Å²) in [5.74, 6) is -0.0645. The second kappa shape index (κ2) is 5.38. The molecule has 3 nitrogen and oxygen atoms in total. The third-order valence-corrected chi connectivity index (χ3v) is 3.67. The van der Waals surface area contributed by atoms with E-state index < -0.39 is 5.97 Å². The molecule has 0 aliphatic carbocycles. The number of rotatable bonds is 5. The molecular weight excluding hydrogens is 220 g/mol. The van der Waals surface area contributed by atoms with E-state index in [1.165, 1.54) is 11.3 Å². The Kier molecular flexibility index (Phi) is 4.44. The number of aromatic carboxylic acids is 1. The summed E-state index contributed by atoms with van der Waals surface area (Å²) < 4.78 is 0. The van der Waals surface area contributed by atoms with E-state index in [1.54, 1.807) is 24.8 Å². The summed E-state index contributed by atoms with van der Waals surface area (Å²) in [7, 11) is 0. The summed E-state index contributed by atoms with van der Waals surface area (Å²) in [4.78, 5) is 11.9. The largest absolute Gasteiger partial charge is 0.477 e. The molecule has 1 aromatic heterocycles. The van der Waals surface area contributed by atoms with Gasteiger partial charge in [-0.1, -0.05) is 0 Å². The zero-order valence-electron chi connectivity index (χ0n) is 7.77. The van der Waals surface area contributed by atoms with Crippen LogP contribution in [0.15, 0.2) is 16.3 Å². The molecule has 0 spiro atoms. The van der Waals surface area contributed by atoms with Crippen LogP contribution in [0.3, 0.4) is 0 Å². The van der Waals surface area contributed by atoms with Crippen LogP contribution in [-0.2, 0) is 0 Å². The molecule has 1 aromatic rings. The Hall–Kier alpha value is -0.520. The highest BCUT2D eigenvalue weighted by molar-refractivity contribution is 7.99. The SMILES string of the molecule is CC(O)CCSc1csc(C(=O)O)c1. The van der Waals surface area contributed by atoms with Crippen LogP contribution < -0.4 is 0 Å². The van der Waals surface area contributed by atoms with Crippen molar-refractivity contribution in [2.24, 2.45) is 0 Å². The van der Waals surface area contributed by atoms with Crippen LogP contribution in [0.1, 0.15) is 23.0 Å². The van der Waals surface area contributed by atoms with Crippen LogP contribution in [-0.4, -0.2) is 28.0 Å². The zero-order valence-corrected chi connectivity index (χ0v) is 9.40. The van der Waals surface area contributed by atoms with Gasteiger partial charge in [-0.3, -0.25) is 0 Å². The van der Waals surface area contributed by atoms with Crippen molar-refractivity contribution in [2.45, 2.75) is 24.3 Å². The predicted octanol–water partition coefficient (Wildman–Crippen LogP) is 2.31. The quantitative estimate of drug-likeness (QED) is 0.765. The molecule has 0 aliphatic heterocycles. The highest BCUT2D eigenvalue weighted by Crippen LogP contribution is 2.25. The van der Waals surface area contributed by atoms with E-state index in [0.29, 0.717) is 4.88 Å². The molecule has 2 N–H and O–H groups in total. The molecule has 14 heavy (non-hydrogen) atoms. The lowest BCUT2D eigenvalue weighted by molar-refractivity contribution is 0.0702. The number of thioether (sulfide) groups is 1. The standard InChI is InChI=1S/C9H12O3S2/c1-6(10)2-3-13-7-4-8(9(11)12)14-5-7/h4-6,10H,2-3H2,1H3,(H,11,12). The van der Waals surface area contributed by atoms with Gasteiger partial charge in [-0.05, 0) is 19.4 Å². The highest BCUT2D eigenvalue weighted by Gasteiger charge is 2.07. The summed E-state index contributed by atoms with van der Waals surface area (Å²) in [6, 6.07) is 1.67. The van der Waals surface area contributed by atoms with E-state index in [1.807, 2.05) is 5.38 Å². The number of carbonyl (C=O) groups is 1. The molecule has 5 heteroatoms. The van der Waals surface area contributed by atoms with Crippen molar-refractivity contribution in [3.8, 4) is 0 Å². The summed E-state index contributed by atoms with van der Waals surface area (Å²) in [6.45, 7) is 1.75. The number of carboxylic acids is 1.